The molecule has 2 aromatic rings. The van der Waals surface area contributed by atoms with Crippen LogP contribution in [0.1, 0.15) is 19.4 Å². The van der Waals surface area contributed by atoms with Crippen LogP contribution in [0.15, 0.2) is 41.0 Å². The molecule has 0 saturated heterocycles. The second-order valence-corrected chi connectivity index (χ2v) is 6.04. The average Bonchev–Trinajstić information content (AvgIpc) is 2.41. The maximum atomic E-state index is 6.10. The molecule has 0 atom stereocenters. The first kappa shape index (κ1) is 15.3. The fourth-order valence-corrected chi connectivity index (χ4v) is 2.10. The van der Waals surface area contributed by atoms with Gasteiger partial charge in [-0.15, -0.1) is 0 Å². The lowest BCUT2D eigenvalue weighted by molar-refractivity contribution is 0.461. The molecule has 0 aliphatic heterocycles. The maximum absolute atomic E-state index is 6.10. The topological polar surface area (TPSA) is 34.2 Å². The summed E-state index contributed by atoms with van der Waals surface area (Å²) < 4.78 is 6.65. The van der Waals surface area contributed by atoms with Crippen molar-refractivity contribution in [1.82, 2.24) is 10.3 Å². The van der Waals surface area contributed by atoms with Crippen LogP contribution in [-0.2, 0) is 6.54 Å². The Hall–Kier alpha value is -1.10. The molecule has 0 fully saturated rings. The maximum Gasteiger partial charge on any atom is 0.219 e. The molecule has 1 heterocycles. The zero-order chi connectivity index (χ0) is 14.5. The third-order valence-electron chi connectivity index (χ3n) is 2.62. The van der Waals surface area contributed by atoms with Crippen LogP contribution >= 0.6 is 27.5 Å². The Morgan fingerprint density at radius 1 is 1.30 bits per heavy atom. The summed E-state index contributed by atoms with van der Waals surface area (Å²) >= 11 is 9.50. The van der Waals surface area contributed by atoms with Gasteiger partial charge < -0.3 is 10.1 Å². The third kappa shape index (κ3) is 4.47. The number of pyridine rings is 1. The van der Waals surface area contributed by atoms with Gasteiger partial charge in [0.05, 0.1) is 5.02 Å². The highest BCUT2D eigenvalue weighted by Gasteiger charge is 2.06. The lowest BCUT2D eigenvalue weighted by Crippen LogP contribution is -2.21. The smallest absolute Gasteiger partial charge is 0.219 e. The summed E-state index contributed by atoms with van der Waals surface area (Å²) in [4.78, 5) is 4.21. The molecule has 0 bridgehead atoms. The highest BCUT2D eigenvalue weighted by molar-refractivity contribution is 9.10. The Kier molecular flexibility index (Phi) is 5.40. The molecule has 3 nitrogen and oxygen atoms in total. The summed E-state index contributed by atoms with van der Waals surface area (Å²) in [6.45, 7) is 5.00. The van der Waals surface area contributed by atoms with E-state index in [-0.39, 0.29) is 0 Å². The SMILES string of the molecule is CC(C)NCc1ccnc(Oc2cc(Br)ccc2Cl)c1. The third-order valence-corrected chi connectivity index (χ3v) is 3.43. The van der Waals surface area contributed by atoms with Gasteiger partial charge in [0.15, 0.2) is 0 Å². The minimum atomic E-state index is 0.437. The molecule has 1 N–H and O–H groups in total. The Labute approximate surface area is 132 Å². The van der Waals surface area contributed by atoms with Gasteiger partial charge in [-0.3, -0.25) is 0 Å². The monoisotopic (exact) mass is 354 g/mol. The van der Waals surface area contributed by atoms with Crippen molar-refractivity contribution in [2.75, 3.05) is 0 Å². The number of nitrogens with zero attached hydrogens (tertiary/aromatic N) is 1. The summed E-state index contributed by atoms with van der Waals surface area (Å²) in [5.41, 5.74) is 1.12. The Morgan fingerprint density at radius 2 is 2.10 bits per heavy atom. The van der Waals surface area contributed by atoms with E-state index < -0.39 is 0 Å². The van der Waals surface area contributed by atoms with Crippen LogP contribution in [0.5, 0.6) is 11.6 Å². The lowest BCUT2D eigenvalue weighted by atomic mass is 10.2. The van der Waals surface area contributed by atoms with E-state index in [1.54, 1.807) is 12.3 Å². The van der Waals surface area contributed by atoms with Crippen LogP contribution in [0.4, 0.5) is 0 Å². The minimum absolute atomic E-state index is 0.437. The quantitative estimate of drug-likeness (QED) is 0.837. The average molecular weight is 356 g/mol. The summed E-state index contributed by atoms with van der Waals surface area (Å²) in [7, 11) is 0. The molecular formula is C15H16BrClN2O. The van der Waals surface area contributed by atoms with Crippen molar-refractivity contribution < 1.29 is 4.74 Å². The van der Waals surface area contributed by atoms with Crippen LogP contribution < -0.4 is 10.1 Å². The molecule has 5 heteroatoms. The van der Waals surface area contributed by atoms with Crippen LogP contribution in [0.3, 0.4) is 0 Å². The molecule has 0 saturated carbocycles. The first-order chi connectivity index (χ1) is 9.54. The van der Waals surface area contributed by atoms with Crippen molar-refractivity contribution in [1.29, 1.82) is 0 Å². The van der Waals surface area contributed by atoms with E-state index >= 15 is 0 Å². The number of hydrogen-bond donors (Lipinski definition) is 1. The number of hydrogen-bond acceptors (Lipinski definition) is 3. The Morgan fingerprint density at radius 3 is 2.85 bits per heavy atom. The van der Waals surface area contributed by atoms with Crippen molar-refractivity contribution in [2.24, 2.45) is 0 Å². The fourth-order valence-electron chi connectivity index (χ4n) is 1.61. The van der Waals surface area contributed by atoms with Crippen LogP contribution in [-0.4, -0.2) is 11.0 Å². The largest absolute Gasteiger partial charge is 0.437 e. The van der Waals surface area contributed by atoms with E-state index in [1.807, 2.05) is 24.3 Å². The normalized spacial score (nSPS) is 10.8. The molecule has 106 valence electrons. The van der Waals surface area contributed by atoms with Gasteiger partial charge in [0.25, 0.3) is 0 Å². The molecule has 0 aliphatic rings. The summed E-state index contributed by atoms with van der Waals surface area (Å²) in [5.74, 6) is 1.12. The summed E-state index contributed by atoms with van der Waals surface area (Å²) in [5, 5.41) is 3.91. The lowest BCUT2D eigenvalue weighted by Gasteiger charge is -2.10. The molecule has 0 amide bonds. The Balaban J connectivity index is 2.13. The van der Waals surface area contributed by atoms with Crippen LogP contribution in [0.2, 0.25) is 5.02 Å². The molecule has 0 spiro atoms. The van der Waals surface area contributed by atoms with Gasteiger partial charge in [-0.25, -0.2) is 4.98 Å². The van der Waals surface area contributed by atoms with Gasteiger partial charge in [-0.2, -0.15) is 0 Å². The first-order valence-corrected chi connectivity index (χ1v) is 7.53. The van der Waals surface area contributed by atoms with E-state index in [2.05, 4.69) is 40.1 Å². The zero-order valence-electron chi connectivity index (χ0n) is 11.4. The van der Waals surface area contributed by atoms with Crippen LogP contribution in [0, 0.1) is 0 Å². The molecular weight excluding hydrogens is 340 g/mol. The van der Waals surface area contributed by atoms with Crippen molar-refractivity contribution in [3.05, 3.63) is 51.6 Å². The van der Waals surface area contributed by atoms with E-state index in [4.69, 9.17) is 16.3 Å². The molecule has 0 aliphatic carbocycles. The van der Waals surface area contributed by atoms with Gasteiger partial charge in [0.2, 0.25) is 5.88 Å². The second-order valence-electron chi connectivity index (χ2n) is 4.71. The standard InChI is InChI=1S/C15H16BrClN2O/c1-10(2)19-9-11-5-6-18-15(7-11)20-14-8-12(16)3-4-13(14)17/h3-8,10,19H,9H2,1-2H3. The number of rotatable bonds is 5. The van der Waals surface area contributed by atoms with Crippen molar-refractivity contribution in [2.45, 2.75) is 26.4 Å². The van der Waals surface area contributed by atoms with E-state index in [0.29, 0.717) is 22.7 Å². The summed E-state index contributed by atoms with van der Waals surface area (Å²) in [6, 6.07) is 9.78. The van der Waals surface area contributed by atoms with Gasteiger partial charge in [0.1, 0.15) is 5.75 Å². The molecule has 2 rings (SSSR count). The van der Waals surface area contributed by atoms with Gasteiger partial charge in [-0.1, -0.05) is 41.4 Å². The number of ether oxygens (including phenoxy) is 1. The van der Waals surface area contributed by atoms with Crippen molar-refractivity contribution in [3.63, 3.8) is 0 Å². The van der Waals surface area contributed by atoms with Gasteiger partial charge in [-0.05, 0) is 29.8 Å². The van der Waals surface area contributed by atoms with Crippen molar-refractivity contribution in [3.8, 4) is 11.6 Å². The molecule has 1 aromatic heterocycles. The van der Waals surface area contributed by atoms with E-state index in [9.17, 15) is 0 Å². The number of aromatic nitrogens is 1. The first-order valence-electron chi connectivity index (χ1n) is 6.36. The predicted molar refractivity (Wildman–Crippen MR) is 85.4 cm³/mol. The van der Waals surface area contributed by atoms with Crippen LogP contribution in [0.25, 0.3) is 0 Å². The predicted octanol–water partition coefficient (Wildman–Crippen LogP) is 4.79. The fraction of sp³-hybridized carbons (Fsp3) is 0.267. The zero-order valence-corrected chi connectivity index (χ0v) is 13.7. The summed E-state index contributed by atoms with van der Waals surface area (Å²) in [6.07, 6.45) is 1.73. The van der Waals surface area contributed by atoms with E-state index in [0.717, 1.165) is 16.6 Å². The molecule has 0 radical (unpaired) electrons. The molecule has 1 aromatic carbocycles. The number of benzene rings is 1. The Bertz CT molecular complexity index is 590. The van der Waals surface area contributed by atoms with Crippen molar-refractivity contribution >= 4 is 27.5 Å². The molecule has 20 heavy (non-hydrogen) atoms. The van der Waals surface area contributed by atoms with Gasteiger partial charge in [0, 0.05) is 29.3 Å². The van der Waals surface area contributed by atoms with Gasteiger partial charge >= 0.3 is 0 Å². The second kappa shape index (κ2) is 7.07. The highest BCUT2D eigenvalue weighted by atomic mass is 79.9. The number of halogens is 2. The highest BCUT2D eigenvalue weighted by Crippen LogP contribution is 2.31. The number of nitrogens with one attached hydrogen (secondary N) is 1. The molecule has 0 unspecified atom stereocenters. The van der Waals surface area contributed by atoms with E-state index in [1.165, 1.54) is 0 Å². The minimum Gasteiger partial charge on any atom is -0.437 e.